The maximum atomic E-state index is 13.7. The monoisotopic (exact) mass is 487 g/mol. The highest BCUT2D eigenvalue weighted by molar-refractivity contribution is 7.91. The maximum Gasteiger partial charge on any atom is 0.254 e. The van der Waals surface area contributed by atoms with Gasteiger partial charge in [-0.05, 0) is 43.7 Å². The molecule has 33 heavy (non-hydrogen) atoms. The van der Waals surface area contributed by atoms with Gasteiger partial charge in [0.15, 0.2) is 15.5 Å². The van der Waals surface area contributed by atoms with E-state index in [9.17, 15) is 18.0 Å². The van der Waals surface area contributed by atoms with Crippen molar-refractivity contribution in [1.29, 1.82) is 0 Å². The number of nitrogens with two attached hydrogens (primary N) is 1. The average molecular weight is 488 g/mol. The third kappa shape index (κ3) is 4.04. The number of sulfone groups is 1. The lowest BCUT2D eigenvalue weighted by molar-refractivity contribution is -0.123. The van der Waals surface area contributed by atoms with Crippen LogP contribution in [0.3, 0.4) is 0 Å². The van der Waals surface area contributed by atoms with Gasteiger partial charge in [0.1, 0.15) is 0 Å². The summed E-state index contributed by atoms with van der Waals surface area (Å²) in [5.41, 5.74) is 7.80. The number of piperidine rings is 1. The molecule has 174 valence electrons. The van der Waals surface area contributed by atoms with E-state index in [1.54, 1.807) is 15.6 Å². The summed E-state index contributed by atoms with van der Waals surface area (Å²) in [6, 6.07) is 5.38. The van der Waals surface area contributed by atoms with Gasteiger partial charge in [0.05, 0.1) is 44.8 Å². The van der Waals surface area contributed by atoms with Gasteiger partial charge in [-0.15, -0.1) is 11.3 Å². The first kappa shape index (κ1) is 22.0. The van der Waals surface area contributed by atoms with E-state index in [1.165, 1.54) is 11.3 Å². The number of aromatic nitrogens is 3. The van der Waals surface area contributed by atoms with E-state index in [-0.39, 0.29) is 35.3 Å². The highest BCUT2D eigenvalue weighted by Gasteiger charge is 2.34. The number of pyridine rings is 1. The molecule has 0 radical (unpaired) electrons. The molecule has 5 rings (SSSR count). The molecule has 2 amide bonds. The number of primary amides is 1. The Morgan fingerprint density at radius 2 is 1.97 bits per heavy atom. The standard InChI is InChI=1S/C22H25N5O4S2/c1-13-19-16(22(29)26-7-4-14(5-8-26)20(23)28)11-17(18-3-2-9-32-18)24-21(19)27(25-13)15-6-10-33(30,31)12-15/h2-3,9,11,14-15H,4-8,10,12H2,1H3,(H2,23,28)/t15-/m0/s1. The predicted octanol–water partition coefficient (Wildman–Crippen LogP) is 2.17. The third-order valence-corrected chi connectivity index (χ3v) is 9.22. The minimum atomic E-state index is -3.11. The minimum absolute atomic E-state index is 0.0258. The van der Waals surface area contributed by atoms with Gasteiger partial charge in [0.25, 0.3) is 5.91 Å². The van der Waals surface area contributed by atoms with Gasteiger partial charge in [-0.25, -0.2) is 18.1 Å². The smallest absolute Gasteiger partial charge is 0.254 e. The lowest BCUT2D eigenvalue weighted by Gasteiger charge is -2.30. The Labute approximate surface area is 195 Å². The number of carbonyl (C=O) groups is 2. The summed E-state index contributed by atoms with van der Waals surface area (Å²) in [5.74, 6) is -0.509. The zero-order chi connectivity index (χ0) is 23.3. The van der Waals surface area contributed by atoms with Crippen molar-refractivity contribution >= 4 is 44.0 Å². The second-order valence-corrected chi connectivity index (χ2v) is 12.0. The SMILES string of the molecule is Cc1nn([C@H]2CCS(=O)(=O)C2)c2nc(-c3cccs3)cc(C(=O)N3CCC(C(N)=O)CC3)c12. The molecule has 5 heterocycles. The number of amides is 2. The Morgan fingerprint density at radius 1 is 1.21 bits per heavy atom. The van der Waals surface area contributed by atoms with Crippen molar-refractivity contribution in [3.05, 3.63) is 34.8 Å². The average Bonchev–Trinajstić information content (AvgIpc) is 3.52. The van der Waals surface area contributed by atoms with E-state index in [1.807, 2.05) is 24.4 Å². The van der Waals surface area contributed by atoms with Crippen LogP contribution in [0.1, 0.15) is 41.4 Å². The molecule has 0 aromatic carbocycles. The molecule has 2 saturated heterocycles. The molecule has 9 nitrogen and oxygen atoms in total. The van der Waals surface area contributed by atoms with Crippen LogP contribution in [0, 0.1) is 12.8 Å². The molecule has 3 aromatic heterocycles. The molecule has 0 bridgehead atoms. The molecule has 11 heteroatoms. The summed E-state index contributed by atoms with van der Waals surface area (Å²) < 4.78 is 25.9. The molecular weight excluding hydrogens is 462 g/mol. The van der Waals surface area contributed by atoms with Gasteiger partial charge < -0.3 is 10.6 Å². The van der Waals surface area contributed by atoms with Crippen molar-refractivity contribution in [1.82, 2.24) is 19.7 Å². The van der Waals surface area contributed by atoms with Gasteiger partial charge in [-0.2, -0.15) is 5.10 Å². The zero-order valence-corrected chi connectivity index (χ0v) is 19.9. The van der Waals surface area contributed by atoms with Crippen LogP contribution in [0.5, 0.6) is 0 Å². The number of likely N-dealkylation sites (tertiary alicyclic amines) is 1. The van der Waals surface area contributed by atoms with Crippen molar-refractivity contribution in [2.45, 2.75) is 32.2 Å². The number of nitrogens with zero attached hydrogens (tertiary/aromatic N) is 4. The summed E-state index contributed by atoms with van der Waals surface area (Å²) in [6.45, 7) is 2.74. The van der Waals surface area contributed by atoms with Gasteiger partial charge in [0.2, 0.25) is 5.91 Å². The van der Waals surface area contributed by atoms with Gasteiger partial charge in [0, 0.05) is 19.0 Å². The van der Waals surface area contributed by atoms with Crippen LogP contribution in [-0.2, 0) is 14.6 Å². The maximum absolute atomic E-state index is 13.7. The fourth-order valence-corrected chi connectivity index (χ4v) is 7.17. The van der Waals surface area contributed by atoms with Crippen LogP contribution in [0.15, 0.2) is 23.6 Å². The van der Waals surface area contributed by atoms with E-state index in [0.717, 1.165) is 4.88 Å². The number of thiophene rings is 1. The Bertz CT molecular complexity index is 1340. The fourth-order valence-electron chi connectivity index (χ4n) is 4.79. The normalized spacial score (nSPS) is 21.0. The van der Waals surface area contributed by atoms with Crippen LogP contribution < -0.4 is 5.73 Å². The molecule has 0 spiro atoms. The second-order valence-electron chi connectivity index (χ2n) is 8.79. The Kier molecular flexibility index (Phi) is 5.48. The number of aryl methyl sites for hydroxylation is 1. The highest BCUT2D eigenvalue weighted by atomic mass is 32.2. The van der Waals surface area contributed by atoms with E-state index in [2.05, 4.69) is 5.10 Å². The third-order valence-electron chi connectivity index (χ3n) is 6.58. The number of hydrogen-bond donors (Lipinski definition) is 1. The van der Waals surface area contributed by atoms with Crippen LogP contribution in [-0.4, -0.2) is 64.5 Å². The van der Waals surface area contributed by atoms with Crippen LogP contribution >= 0.6 is 11.3 Å². The molecule has 2 aliphatic rings. The first-order valence-corrected chi connectivity index (χ1v) is 13.7. The molecule has 0 aliphatic carbocycles. The van der Waals surface area contributed by atoms with E-state index >= 15 is 0 Å². The lowest BCUT2D eigenvalue weighted by atomic mass is 9.95. The zero-order valence-electron chi connectivity index (χ0n) is 18.2. The molecule has 0 saturated carbocycles. The molecule has 2 aliphatic heterocycles. The van der Waals surface area contributed by atoms with E-state index in [0.29, 0.717) is 60.3 Å². The second kappa shape index (κ2) is 8.21. The van der Waals surface area contributed by atoms with Gasteiger partial charge >= 0.3 is 0 Å². The Balaban J connectivity index is 1.60. The molecule has 2 N–H and O–H groups in total. The number of carbonyl (C=O) groups excluding carboxylic acids is 2. The minimum Gasteiger partial charge on any atom is -0.369 e. The lowest BCUT2D eigenvalue weighted by Crippen LogP contribution is -2.41. The summed E-state index contributed by atoms with van der Waals surface area (Å²) in [5, 5.41) is 7.25. The summed E-state index contributed by atoms with van der Waals surface area (Å²) in [4.78, 5) is 32.7. The van der Waals surface area contributed by atoms with Crippen molar-refractivity contribution in [2.75, 3.05) is 24.6 Å². The van der Waals surface area contributed by atoms with Crippen molar-refractivity contribution in [3.63, 3.8) is 0 Å². The summed E-state index contributed by atoms with van der Waals surface area (Å²) in [6.07, 6.45) is 1.57. The van der Waals surface area contributed by atoms with E-state index < -0.39 is 9.84 Å². The molecule has 3 aromatic rings. The summed E-state index contributed by atoms with van der Waals surface area (Å²) in [7, 11) is -3.11. The Hall–Kier alpha value is -2.79. The van der Waals surface area contributed by atoms with Gasteiger partial charge in [-0.3, -0.25) is 9.59 Å². The van der Waals surface area contributed by atoms with Crippen molar-refractivity contribution < 1.29 is 18.0 Å². The Morgan fingerprint density at radius 3 is 2.58 bits per heavy atom. The van der Waals surface area contributed by atoms with Gasteiger partial charge in [-0.1, -0.05) is 6.07 Å². The van der Waals surface area contributed by atoms with Crippen LogP contribution in [0.2, 0.25) is 0 Å². The largest absolute Gasteiger partial charge is 0.369 e. The number of hydrogen-bond acceptors (Lipinski definition) is 7. The molecule has 2 fully saturated rings. The van der Waals surface area contributed by atoms with Crippen LogP contribution in [0.25, 0.3) is 21.6 Å². The molecule has 0 unspecified atom stereocenters. The van der Waals surface area contributed by atoms with Crippen LogP contribution in [0.4, 0.5) is 0 Å². The first-order valence-electron chi connectivity index (χ1n) is 11.0. The summed E-state index contributed by atoms with van der Waals surface area (Å²) >= 11 is 1.52. The fraction of sp³-hybridized carbons (Fsp3) is 0.455. The number of rotatable bonds is 4. The molecular formula is C22H25N5O4S2. The quantitative estimate of drug-likeness (QED) is 0.601. The van der Waals surface area contributed by atoms with Crippen molar-refractivity contribution in [2.24, 2.45) is 11.7 Å². The topological polar surface area (TPSA) is 128 Å². The van der Waals surface area contributed by atoms with Crippen molar-refractivity contribution in [3.8, 4) is 10.6 Å². The highest BCUT2D eigenvalue weighted by Crippen LogP contribution is 2.34. The number of fused-ring (bicyclic) bond motifs is 1. The predicted molar refractivity (Wildman–Crippen MR) is 126 cm³/mol. The molecule has 1 atom stereocenters. The van der Waals surface area contributed by atoms with E-state index in [4.69, 9.17) is 10.7 Å². The first-order chi connectivity index (χ1) is 15.7.